The molecule has 10 heteroatoms. The van der Waals surface area contributed by atoms with Gasteiger partial charge < -0.3 is 10.6 Å². The maximum absolute atomic E-state index is 13.3. The molecule has 0 unspecified atom stereocenters. The van der Waals surface area contributed by atoms with Crippen molar-refractivity contribution in [2.24, 2.45) is 10.7 Å². The maximum Gasteiger partial charge on any atom is 0.416 e. The number of aromatic nitrogens is 2. The first-order valence-electron chi connectivity index (χ1n) is 9.85. The number of hydrogen-bond donors (Lipinski definition) is 1. The average molecular weight is 459 g/mol. The number of halogens is 4. The lowest BCUT2D eigenvalue weighted by Gasteiger charge is -2.32. The van der Waals surface area contributed by atoms with Gasteiger partial charge in [-0.25, -0.2) is 9.38 Å². The Bertz CT molecular complexity index is 1210. The molecule has 3 rings (SSSR count). The van der Waals surface area contributed by atoms with E-state index in [9.17, 15) is 22.4 Å². The van der Waals surface area contributed by atoms with E-state index in [0.717, 1.165) is 12.1 Å². The highest BCUT2D eigenvalue weighted by molar-refractivity contribution is 6.07. The van der Waals surface area contributed by atoms with Crippen LogP contribution in [0.25, 0.3) is 0 Å². The van der Waals surface area contributed by atoms with Crippen LogP contribution in [0.5, 0.6) is 0 Å². The summed E-state index contributed by atoms with van der Waals surface area (Å²) in [5.74, 6) is 5.53. The fourth-order valence-electron chi connectivity index (χ4n) is 3.38. The topological polar surface area (TPSA) is 76.5 Å². The molecule has 0 bridgehead atoms. The molecule has 0 saturated carbocycles. The molecule has 6 nitrogen and oxygen atoms in total. The SMILES string of the molecule is C=N/C(N)=C\C=C(/C)C#Cc1cnn2c1C(=O)N(c1ccc(C(F)(F)F)c(CF)c1)C[C@@H]2C. The normalized spacial score (nSPS) is 16.8. The van der Waals surface area contributed by atoms with E-state index in [4.69, 9.17) is 5.73 Å². The number of nitrogens with two attached hydrogens (primary N) is 1. The van der Waals surface area contributed by atoms with Gasteiger partial charge in [-0.1, -0.05) is 11.8 Å². The summed E-state index contributed by atoms with van der Waals surface area (Å²) in [6.45, 7) is 5.72. The van der Waals surface area contributed by atoms with Gasteiger partial charge in [0.25, 0.3) is 5.91 Å². The zero-order valence-corrected chi connectivity index (χ0v) is 17.9. The number of alkyl halides is 4. The number of rotatable bonds is 4. The van der Waals surface area contributed by atoms with Crippen molar-refractivity contribution in [3.05, 3.63) is 70.3 Å². The van der Waals surface area contributed by atoms with E-state index in [-0.39, 0.29) is 29.8 Å². The molecule has 0 radical (unpaired) electrons. The summed E-state index contributed by atoms with van der Waals surface area (Å²) in [5, 5.41) is 4.25. The maximum atomic E-state index is 13.3. The molecule has 2 heterocycles. The molecule has 0 aliphatic carbocycles. The highest BCUT2D eigenvalue weighted by atomic mass is 19.4. The van der Waals surface area contributed by atoms with Crippen LogP contribution in [-0.2, 0) is 12.9 Å². The third-order valence-electron chi connectivity index (χ3n) is 5.04. The largest absolute Gasteiger partial charge is 0.416 e. The standard InChI is InChI=1S/C23H21F4N5O/c1-14(5-9-20(28)29-3)4-6-16-12-30-32-15(2)13-31(22(33)21(16)32)18-7-8-19(23(25,26)27)17(10-18)11-24/h5,7-10,12,15H,3,11,13,28H2,1-2H3/b14-5+,20-9-/t15-/m0/s1. The van der Waals surface area contributed by atoms with Crippen LogP contribution in [0, 0.1) is 11.8 Å². The number of nitrogens with zero attached hydrogens (tertiary/aromatic N) is 4. The molecule has 172 valence electrons. The van der Waals surface area contributed by atoms with Crippen molar-refractivity contribution >= 4 is 18.3 Å². The molecule has 0 fully saturated rings. The highest BCUT2D eigenvalue weighted by Gasteiger charge is 2.36. The Labute approximate surface area is 188 Å². The van der Waals surface area contributed by atoms with E-state index in [1.165, 1.54) is 27.9 Å². The number of benzene rings is 1. The van der Waals surface area contributed by atoms with Crippen LogP contribution in [0.1, 0.15) is 47.1 Å². The molecule has 1 amide bonds. The number of hydrogen-bond acceptors (Lipinski definition) is 4. The minimum absolute atomic E-state index is 0.162. The van der Waals surface area contributed by atoms with Crippen molar-refractivity contribution in [3.8, 4) is 11.8 Å². The highest BCUT2D eigenvalue weighted by Crippen LogP contribution is 2.36. The number of amides is 1. The Kier molecular flexibility index (Phi) is 6.72. The summed E-state index contributed by atoms with van der Waals surface area (Å²) in [4.78, 5) is 18.1. The van der Waals surface area contributed by atoms with Crippen molar-refractivity contribution in [2.45, 2.75) is 32.7 Å². The molecule has 2 N–H and O–H groups in total. The van der Waals surface area contributed by atoms with Crippen LogP contribution in [-0.4, -0.2) is 28.9 Å². The van der Waals surface area contributed by atoms with Crippen LogP contribution < -0.4 is 10.6 Å². The summed E-state index contributed by atoms with van der Waals surface area (Å²) in [6, 6.07) is 2.74. The molecule has 33 heavy (non-hydrogen) atoms. The lowest BCUT2D eigenvalue weighted by atomic mass is 10.0. The lowest BCUT2D eigenvalue weighted by molar-refractivity contribution is -0.138. The van der Waals surface area contributed by atoms with Gasteiger partial charge in [0.1, 0.15) is 18.2 Å². The smallest absolute Gasteiger partial charge is 0.384 e. The number of aliphatic imine (C=N–C) groups is 1. The van der Waals surface area contributed by atoms with Crippen LogP contribution in [0.15, 0.2) is 52.9 Å². The summed E-state index contributed by atoms with van der Waals surface area (Å²) in [7, 11) is 0. The fourth-order valence-corrected chi connectivity index (χ4v) is 3.38. The fraction of sp³-hybridized carbons (Fsp3) is 0.261. The Hall–Kier alpha value is -3.87. The van der Waals surface area contributed by atoms with E-state index in [2.05, 4.69) is 28.6 Å². The van der Waals surface area contributed by atoms with Crippen LogP contribution in [0.4, 0.5) is 23.2 Å². The molecule has 1 aromatic heterocycles. The van der Waals surface area contributed by atoms with Crippen molar-refractivity contribution in [1.29, 1.82) is 0 Å². The number of anilines is 1. The average Bonchev–Trinajstić information content (AvgIpc) is 3.22. The molecule has 1 aliphatic rings. The minimum atomic E-state index is -4.69. The summed E-state index contributed by atoms with van der Waals surface area (Å²) in [6.07, 6.45) is -0.0484. The lowest BCUT2D eigenvalue weighted by Crippen LogP contribution is -2.43. The van der Waals surface area contributed by atoms with Gasteiger partial charge in [0, 0.05) is 12.2 Å². The second-order valence-corrected chi connectivity index (χ2v) is 7.44. The van der Waals surface area contributed by atoms with Gasteiger partial charge in [-0.15, -0.1) is 0 Å². The number of carbonyl (C=O) groups excluding carboxylic acids is 1. The number of carbonyl (C=O) groups is 1. The van der Waals surface area contributed by atoms with Gasteiger partial charge in [0.2, 0.25) is 0 Å². The molecule has 0 saturated heterocycles. The first kappa shape index (κ1) is 23.8. The Morgan fingerprint density at radius 1 is 1.39 bits per heavy atom. The van der Waals surface area contributed by atoms with Crippen LogP contribution in [0.2, 0.25) is 0 Å². The molecule has 2 aromatic rings. The van der Waals surface area contributed by atoms with E-state index >= 15 is 0 Å². The van der Waals surface area contributed by atoms with Gasteiger partial charge in [-0.3, -0.25) is 9.48 Å². The molecule has 0 spiro atoms. The quantitative estimate of drug-likeness (QED) is 0.319. The monoisotopic (exact) mass is 459 g/mol. The first-order chi connectivity index (χ1) is 15.6. The summed E-state index contributed by atoms with van der Waals surface area (Å²) >= 11 is 0. The molecule has 1 atom stereocenters. The second kappa shape index (κ2) is 9.32. The molecule has 1 aliphatic heterocycles. The number of fused-ring (bicyclic) bond motifs is 1. The van der Waals surface area contributed by atoms with Crippen molar-refractivity contribution in [2.75, 3.05) is 11.4 Å². The second-order valence-electron chi connectivity index (χ2n) is 7.44. The third-order valence-corrected chi connectivity index (χ3v) is 5.04. The molecular formula is C23H21F4N5O. The predicted octanol–water partition coefficient (Wildman–Crippen LogP) is 4.39. The van der Waals surface area contributed by atoms with Crippen molar-refractivity contribution in [3.63, 3.8) is 0 Å². The van der Waals surface area contributed by atoms with Crippen molar-refractivity contribution < 1.29 is 22.4 Å². The van der Waals surface area contributed by atoms with Gasteiger partial charge in [0.15, 0.2) is 0 Å². The summed E-state index contributed by atoms with van der Waals surface area (Å²) in [5.41, 5.74) is 5.35. The summed E-state index contributed by atoms with van der Waals surface area (Å²) < 4.78 is 54.3. The predicted molar refractivity (Wildman–Crippen MR) is 117 cm³/mol. The minimum Gasteiger partial charge on any atom is -0.384 e. The van der Waals surface area contributed by atoms with E-state index < -0.39 is 29.9 Å². The molecule has 1 aromatic carbocycles. The zero-order valence-electron chi connectivity index (χ0n) is 17.9. The van der Waals surface area contributed by atoms with E-state index in [0.29, 0.717) is 11.1 Å². The zero-order chi connectivity index (χ0) is 24.3. The van der Waals surface area contributed by atoms with Crippen molar-refractivity contribution in [1.82, 2.24) is 9.78 Å². The van der Waals surface area contributed by atoms with Gasteiger partial charge in [0.05, 0.1) is 23.4 Å². The van der Waals surface area contributed by atoms with Gasteiger partial charge in [-0.05, 0) is 62.1 Å². The van der Waals surface area contributed by atoms with Crippen LogP contribution in [0.3, 0.4) is 0 Å². The van der Waals surface area contributed by atoms with E-state index in [1.807, 2.05) is 6.92 Å². The van der Waals surface area contributed by atoms with Gasteiger partial charge in [-0.2, -0.15) is 18.3 Å². The Morgan fingerprint density at radius 2 is 2.12 bits per heavy atom. The molecular weight excluding hydrogens is 438 g/mol. The third kappa shape index (κ3) is 4.98. The van der Waals surface area contributed by atoms with E-state index in [1.54, 1.807) is 13.0 Å². The Balaban J connectivity index is 1.98. The first-order valence-corrected chi connectivity index (χ1v) is 9.85. The van der Waals surface area contributed by atoms with Gasteiger partial charge >= 0.3 is 6.18 Å². The number of allylic oxidation sites excluding steroid dienone is 3. The van der Waals surface area contributed by atoms with Crippen LogP contribution >= 0.6 is 0 Å². The Morgan fingerprint density at radius 3 is 2.76 bits per heavy atom.